The van der Waals surface area contributed by atoms with Crippen molar-refractivity contribution < 1.29 is 38.9 Å². The number of hydrogen-bond acceptors (Lipinski definition) is 8. The SMILES string of the molecule is O=C(CCCc1ccc(O)c(O)c1)COCCOCCNC(=O)CCN1C(=O)C=CC1=O. The fourth-order valence-electron chi connectivity index (χ4n) is 2.91. The maximum atomic E-state index is 11.8. The van der Waals surface area contributed by atoms with Crippen molar-refractivity contribution in [3.8, 4) is 11.5 Å². The summed E-state index contributed by atoms with van der Waals surface area (Å²) in [4.78, 5) is 47.3. The number of phenolic OH excluding ortho intramolecular Hbond substituents is 2. The number of ketones is 1. The number of Topliss-reactive ketones (excluding diaryl/α,β-unsaturated/α-hetero) is 1. The molecule has 1 aliphatic heterocycles. The molecule has 0 aromatic heterocycles. The van der Waals surface area contributed by atoms with Gasteiger partial charge in [-0.3, -0.25) is 24.1 Å². The lowest BCUT2D eigenvalue weighted by Gasteiger charge is -2.13. The Kier molecular flexibility index (Phi) is 10.3. The molecule has 0 unspecified atom stereocenters. The zero-order chi connectivity index (χ0) is 23.3. The van der Waals surface area contributed by atoms with E-state index >= 15 is 0 Å². The third-order valence-corrected chi connectivity index (χ3v) is 4.63. The lowest BCUT2D eigenvalue weighted by molar-refractivity contribution is -0.137. The number of carbonyl (C=O) groups excluding carboxylic acids is 4. The Labute approximate surface area is 185 Å². The van der Waals surface area contributed by atoms with Gasteiger partial charge in [0, 0.05) is 38.1 Å². The van der Waals surface area contributed by atoms with E-state index in [1.807, 2.05) is 0 Å². The lowest BCUT2D eigenvalue weighted by Crippen LogP contribution is -2.35. The largest absolute Gasteiger partial charge is 0.504 e. The van der Waals surface area contributed by atoms with Crippen LogP contribution in [0.2, 0.25) is 0 Å². The van der Waals surface area contributed by atoms with Gasteiger partial charge in [-0.1, -0.05) is 6.07 Å². The molecule has 0 saturated heterocycles. The number of imide groups is 1. The van der Waals surface area contributed by atoms with Gasteiger partial charge in [-0.2, -0.15) is 0 Å². The Hall–Kier alpha value is -3.24. The van der Waals surface area contributed by atoms with E-state index in [-0.39, 0.29) is 69.1 Å². The average molecular weight is 448 g/mol. The average Bonchev–Trinajstić information content (AvgIpc) is 3.08. The minimum absolute atomic E-state index is 0.0102. The van der Waals surface area contributed by atoms with E-state index in [1.54, 1.807) is 6.07 Å². The van der Waals surface area contributed by atoms with Gasteiger partial charge in [-0.05, 0) is 30.5 Å². The second-order valence-electron chi connectivity index (χ2n) is 7.14. The number of amides is 3. The van der Waals surface area contributed by atoms with E-state index in [2.05, 4.69) is 5.32 Å². The number of carbonyl (C=O) groups is 4. The summed E-state index contributed by atoms with van der Waals surface area (Å²) in [5.74, 6) is -1.50. The summed E-state index contributed by atoms with van der Waals surface area (Å²) in [6.45, 7) is 1.10. The molecule has 0 bridgehead atoms. The van der Waals surface area contributed by atoms with Crippen LogP contribution in [0.25, 0.3) is 0 Å². The van der Waals surface area contributed by atoms with Crippen LogP contribution in [0.1, 0.15) is 24.8 Å². The highest BCUT2D eigenvalue weighted by Gasteiger charge is 2.23. The Balaban J connectivity index is 1.41. The van der Waals surface area contributed by atoms with Crippen molar-refractivity contribution in [2.45, 2.75) is 25.7 Å². The summed E-state index contributed by atoms with van der Waals surface area (Å²) in [6.07, 6.45) is 3.94. The lowest BCUT2D eigenvalue weighted by atomic mass is 10.1. The summed E-state index contributed by atoms with van der Waals surface area (Å²) in [6, 6.07) is 4.59. The van der Waals surface area contributed by atoms with Gasteiger partial charge in [0.2, 0.25) is 5.91 Å². The van der Waals surface area contributed by atoms with Crippen LogP contribution in [0.3, 0.4) is 0 Å². The minimum Gasteiger partial charge on any atom is -0.504 e. The molecule has 174 valence electrons. The third kappa shape index (κ3) is 8.86. The normalized spacial score (nSPS) is 13.1. The predicted molar refractivity (Wildman–Crippen MR) is 113 cm³/mol. The first-order valence-corrected chi connectivity index (χ1v) is 10.3. The monoisotopic (exact) mass is 448 g/mol. The summed E-state index contributed by atoms with van der Waals surface area (Å²) >= 11 is 0. The predicted octanol–water partition coefficient (Wildman–Crippen LogP) is 0.454. The van der Waals surface area contributed by atoms with Crippen LogP contribution in [0.15, 0.2) is 30.4 Å². The van der Waals surface area contributed by atoms with E-state index in [9.17, 15) is 29.4 Å². The highest BCUT2D eigenvalue weighted by atomic mass is 16.5. The first-order chi connectivity index (χ1) is 15.4. The van der Waals surface area contributed by atoms with Gasteiger partial charge in [0.25, 0.3) is 11.8 Å². The second-order valence-corrected chi connectivity index (χ2v) is 7.14. The molecule has 10 heteroatoms. The molecule has 1 aromatic rings. The molecule has 0 fully saturated rings. The maximum absolute atomic E-state index is 11.8. The Morgan fingerprint density at radius 1 is 0.938 bits per heavy atom. The molecular formula is C22H28N2O8. The van der Waals surface area contributed by atoms with E-state index in [4.69, 9.17) is 9.47 Å². The van der Waals surface area contributed by atoms with Gasteiger partial charge in [0.05, 0.1) is 19.8 Å². The Bertz CT molecular complexity index is 834. The van der Waals surface area contributed by atoms with Crippen molar-refractivity contribution in [3.05, 3.63) is 35.9 Å². The summed E-state index contributed by atoms with van der Waals surface area (Å²) in [5.41, 5.74) is 0.838. The molecule has 2 rings (SSSR count). The molecule has 1 heterocycles. The molecule has 0 spiro atoms. The highest BCUT2D eigenvalue weighted by Crippen LogP contribution is 2.25. The zero-order valence-corrected chi connectivity index (χ0v) is 17.7. The van der Waals surface area contributed by atoms with E-state index in [0.717, 1.165) is 10.5 Å². The van der Waals surface area contributed by atoms with Crippen molar-refractivity contribution in [1.82, 2.24) is 10.2 Å². The van der Waals surface area contributed by atoms with Crippen LogP contribution in [-0.4, -0.2) is 78.1 Å². The first-order valence-electron chi connectivity index (χ1n) is 10.3. The van der Waals surface area contributed by atoms with Gasteiger partial charge >= 0.3 is 0 Å². The maximum Gasteiger partial charge on any atom is 0.253 e. The number of nitrogens with one attached hydrogen (secondary N) is 1. The van der Waals surface area contributed by atoms with Crippen molar-refractivity contribution in [1.29, 1.82) is 0 Å². The van der Waals surface area contributed by atoms with Crippen molar-refractivity contribution >= 4 is 23.5 Å². The molecule has 32 heavy (non-hydrogen) atoms. The molecular weight excluding hydrogens is 420 g/mol. The standard InChI is InChI=1S/C22H28N2O8/c25-17(3-1-2-16-4-5-18(26)19(27)14-16)15-32-13-12-31-11-9-23-20(28)8-10-24-21(29)6-7-22(24)30/h4-7,14,26-27H,1-3,8-13,15H2,(H,23,28). The van der Waals surface area contributed by atoms with Crippen LogP contribution in [-0.2, 0) is 35.1 Å². The summed E-state index contributed by atoms with van der Waals surface area (Å²) in [5, 5.41) is 21.3. The molecule has 1 aromatic carbocycles. The number of hydrogen-bond donors (Lipinski definition) is 3. The number of nitrogens with zero attached hydrogens (tertiary/aromatic N) is 1. The zero-order valence-electron chi connectivity index (χ0n) is 17.7. The number of benzene rings is 1. The smallest absolute Gasteiger partial charge is 0.253 e. The number of ether oxygens (including phenoxy) is 2. The second kappa shape index (κ2) is 13.2. The molecule has 1 aliphatic rings. The van der Waals surface area contributed by atoms with E-state index in [0.29, 0.717) is 19.3 Å². The van der Waals surface area contributed by atoms with Gasteiger partial charge < -0.3 is 25.0 Å². The molecule has 0 radical (unpaired) electrons. The van der Waals surface area contributed by atoms with Crippen LogP contribution in [0.5, 0.6) is 11.5 Å². The molecule has 3 N–H and O–H groups in total. The summed E-state index contributed by atoms with van der Waals surface area (Å²) < 4.78 is 10.6. The number of aryl methyl sites for hydroxylation is 1. The Morgan fingerprint density at radius 3 is 2.38 bits per heavy atom. The highest BCUT2D eigenvalue weighted by molar-refractivity contribution is 6.13. The van der Waals surface area contributed by atoms with E-state index < -0.39 is 11.8 Å². The van der Waals surface area contributed by atoms with Crippen LogP contribution in [0, 0.1) is 0 Å². The fraction of sp³-hybridized carbons (Fsp3) is 0.455. The molecule has 0 aliphatic carbocycles. The minimum atomic E-state index is -0.415. The van der Waals surface area contributed by atoms with Crippen LogP contribution >= 0.6 is 0 Å². The van der Waals surface area contributed by atoms with Crippen molar-refractivity contribution in [2.75, 3.05) is 39.5 Å². The van der Waals surface area contributed by atoms with E-state index in [1.165, 1.54) is 24.3 Å². The molecule has 10 nitrogen and oxygen atoms in total. The quantitative estimate of drug-likeness (QED) is 0.199. The van der Waals surface area contributed by atoms with Crippen LogP contribution < -0.4 is 5.32 Å². The molecule has 0 atom stereocenters. The first kappa shape index (κ1) is 25.0. The molecule has 0 saturated carbocycles. The van der Waals surface area contributed by atoms with Gasteiger partial charge in [0.15, 0.2) is 17.3 Å². The topological polar surface area (TPSA) is 142 Å². The molecule has 3 amide bonds. The van der Waals surface area contributed by atoms with Gasteiger partial charge in [0.1, 0.15) is 6.61 Å². The summed E-state index contributed by atoms with van der Waals surface area (Å²) in [7, 11) is 0. The number of phenols is 2. The Morgan fingerprint density at radius 2 is 1.66 bits per heavy atom. The fourth-order valence-corrected chi connectivity index (χ4v) is 2.91. The number of rotatable bonds is 15. The third-order valence-electron chi connectivity index (χ3n) is 4.63. The van der Waals surface area contributed by atoms with Gasteiger partial charge in [-0.25, -0.2) is 0 Å². The van der Waals surface area contributed by atoms with Crippen LogP contribution in [0.4, 0.5) is 0 Å². The van der Waals surface area contributed by atoms with Crippen molar-refractivity contribution in [3.63, 3.8) is 0 Å². The van der Waals surface area contributed by atoms with Gasteiger partial charge in [-0.15, -0.1) is 0 Å². The number of aromatic hydroxyl groups is 2. The van der Waals surface area contributed by atoms with Crippen molar-refractivity contribution in [2.24, 2.45) is 0 Å².